The Kier molecular flexibility index (Phi) is 4.97. The molecule has 0 amide bonds. The van der Waals surface area contributed by atoms with Gasteiger partial charge in [0.25, 0.3) is 0 Å². The Bertz CT molecular complexity index is 218. The molecule has 1 aliphatic rings. The van der Waals surface area contributed by atoms with Gasteiger partial charge in [0, 0.05) is 10.5 Å². The number of hydrogen-bond acceptors (Lipinski definition) is 2. The van der Waals surface area contributed by atoms with Crippen molar-refractivity contribution < 1.29 is 9.90 Å². The van der Waals surface area contributed by atoms with Crippen LogP contribution in [0.25, 0.3) is 0 Å². The number of carboxylic acids is 1. The molecule has 0 aliphatic heterocycles. The first-order chi connectivity index (χ1) is 7.00. The molecule has 2 nitrogen and oxygen atoms in total. The van der Waals surface area contributed by atoms with Crippen LogP contribution in [-0.2, 0) is 4.79 Å². The lowest BCUT2D eigenvalue weighted by Crippen LogP contribution is -2.24. The molecule has 4 unspecified atom stereocenters. The van der Waals surface area contributed by atoms with Gasteiger partial charge in [0.05, 0.1) is 5.92 Å². The maximum atomic E-state index is 10.8. The maximum absolute atomic E-state index is 10.8. The van der Waals surface area contributed by atoms with Gasteiger partial charge in [0.2, 0.25) is 0 Å². The minimum absolute atomic E-state index is 0.229. The summed E-state index contributed by atoms with van der Waals surface area (Å²) in [7, 11) is 0. The zero-order valence-electron chi connectivity index (χ0n) is 9.90. The molecule has 88 valence electrons. The van der Waals surface area contributed by atoms with Gasteiger partial charge in [-0.15, -0.1) is 0 Å². The lowest BCUT2D eigenvalue weighted by Gasteiger charge is -2.29. The molecular weight excluding hydrogens is 208 g/mol. The number of hydrogen-bond donors (Lipinski definition) is 1. The number of carbonyl (C=O) groups is 1. The van der Waals surface area contributed by atoms with Gasteiger partial charge in [-0.25, -0.2) is 0 Å². The molecule has 0 spiro atoms. The van der Waals surface area contributed by atoms with Crippen LogP contribution in [0.15, 0.2) is 0 Å². The van der Waals surface area contributed by atoms with Gasteiger partial charge >= 0.3 is 5.97 Å². The Morgan fingerprint density at radius 3 is 2.60 bits per heavy atom. The van der Waals surface area contributed by atoms with E-state index in [4.69, 9.17) is 5.11 Å². The number of aliphatic carboxylic acids is 1. The minimum Gasteiger partial charge on any atom is -0.481 e. The molecule has 1 aliphatic carbocycles. The summed E-state index contributed by atoms with van der Waals surface area (Å²) in [6, 6.07) is 0. The highest BCUT2D eigenvalue weighted by Gasteiger charge is 2.26. The SMILES string of the molecule is CC1CCCC(SC(C)C(C)C(=O)O)C1. The van der Waals surface area contributed by atoms with Crippen molar-refractivity contribution in [3.63, 3.8) is 0 Å². The van der Waals surface area contributed by atoms with Crippen molar-refractivity contribution in [1.29, 1.82) is 0 Å². The summed E-state index contributed by atoms with van der Waals surface area (Å²) in [6.07, 6.45) is 5.19. The van der Waals surface area contributed by atoms with Crippen molar-refractivity contribution in [2.75, 3.05) is 0 Å². The van der Waals surface area contributed by atoms with E-state index < -0.39 is 5.97 Å². The van der Waals surface area contributed by atoms with Crippen LogP contribution in [0.1, 0.15) is 46.5 Å². The molecule has 4 atom stereocenters. The van der Waals surface area contributed by atoms with E-state index in [0.717, 1.165) is 5.92 Å². The van der Waals surface area contributed by atoms with Crippen LogP contribution in [0.5, 0.6) is 0 Å². The molecule has 1 rings (SSSR count). The van der Waals surface area contributed by atoms with E-state index in [1.165, 1.54) is 25.7 Å². The van der Waals surface area contributed by atoms with Crippen molar-refractivity contribution in [3.05, 3.63) is 0 Å². The van der Waals surface area contributed by atoms with E-state index in [-0.39, 0.29) is 11.2 Å². The van der Waals surface area contributed by atoms with E-state index in [1.807, 2.05) is 25.6 Å². The van der Waals surface area contributed by atoms with Crippen molar-refractivity contribution in [3.8, 4) is 0 Å². The summed E-state index contributed by atoms with van der Waals surface area (Å²) in [5.41, 5.74) is 0. The van der Waals surface area contributed by atoms with Crippen LogP contribution >= 0.6 is 11.8 Å². The smallest absolute Gasteiger partial charge is 0.307 e. The van der Waals surface area contributed by atoms with E-state index in [1.54, 1.807) is 0 Å². The summed E-state index contributed by atoms with van der Waals surface area (Å²) in [4.78, 5) is 10.8. The van der Waals surface area contributed by atoms with Crippen LogP contribution in [0, 0.1) is 11.8 Å². The van der Waals surface area contributed by atoms with Crippen molar-refractivity contribution >= 4 is 17.7 Å². The molecule has 1 N–H and O–H groups in total. The van der Waals surface area contributed by atoms with Crippen LogP contribution in [0.4, 0.5) is 0 Å². The molecule has 3 heteroatoms. The summed E-state index contributed by atoms with van der Waals surface area (Å²) in [5, 5.41) is 9.84. The zero-order chi connectivity index (χ0) is 11.4. The predicted octanol–water partition coefficient (Wildman–Crippen LogP) is 3.41. The number of rotatable bonds is 4. The summed E-state index contributed by atoms with van der Waals surface area (Å²) in [6.45, 7) is 6.16. The molecule has 0 aromatic rings. The largest absolute Gasteiger partial charge is 0.481 e. The van der Waals surface area contributed by atoms with Crippen molar-refractivity contribution in [1.82, 2.24) is 0 Å². The average molecular weight is 230 g/mol. The maximum Gasteiger partial charge on any atom is 0.307 e. The highest BCUT2D eigenvalue weighted by atomic mass is 32.2. The third kappa shape index (κ3) is 4.06. The van der Waals surface area contributed by atoms with Gasteiger partial charge in [-0.05, 0) is 18.8 Å². The molecular formula is C12H22O2S. The fraction of sp³-hybridized carbons (Fsp3) is 0.917. The molecule has 0 heterocycles. The normalized spacial score (nSPS) is 30.9. The van der Waals surface area contributed by atoms with Gasteiger partial charge in [-0.2, -0.15) is 11.8 Å². The first kappa shape index (κ1) is 12.9. The van der Waals surface area contributed by atoms with Gasteiger partial charge < -0.3 is 5.11 Å². The Hall–Kier alpha value is -0.180. The van der Waals surface area contributed by atoms with Crippen LogP contribution in [0.3, 0.4) is 0 Å². The highest BCUT2D eigenvalue weighted by Crippen LogP contribution is 2.35. The topological polar surface area (TPSA) is 37.3 Å². The Balaban J connectivity index is 2.36. The van der Waals surface area contributed by atoms with Gasteiger partial charge in [0.15, 0.2) is 0 Å². The van der Waals surface area contributed by atoms with Crippen molar-refractivity contribution in [2.24, 2.45) is 11.8 Å². The molecule has 1 fully saturated rings. The van der Waals surface area contributed by atoms with Gasteiger partial charge in [0.1, 0.15) is 0 Å². The number of thioether (sulfide) groups is 1. The van der Waals surface area contributed by atoms with Gasteiger partial charge in [-0.3, -0.25) is 4.79 Å². The third-order valence-corrected chi connectivity index (χ3v) is 5.04. The van der Waals surface area contributed by atoms with E-state index >= 15 is 0 Å². The lowest BCUT2D eigenvalue weighted by molar-refractivity contribution is -0.140. The molecule has 0 aromatic heterocycles. The zero-order valence-corrected chi connectivity index (χ0v) is 10.7. The van der Waals surface area contributed by atoms with Crippen molar-refractivity contribution in [2.45, 2.75) is 57.0 Å². The first-order valence-corrected chi connectivity index (χ1v) is 6.83. The quantitative estimate of drug-likeness (QED) is 0.804. The number of carboxylic acid groups (broad SMARTS) is 1. The molecule has 0 bridgehead atoms. The third-order valence-electron chi connectivity index (χ3n) is 3.39. The predicted molar refractivity (Wildman–Crippen MR) is 65.3 cm³/mol. The minimum atomic E-state index is -0.668. The Labute approximate surface area is 96.8 Å². The molecule has 1 saturated carbocycles. The van der Waals surface area contributed by atoms with Crippen LogP contribution < -0.4 is 0 Å². The molecule has 15 heavy (non-hydrogen) atoms. The van der Waals surface area contributed by atoms with Crippen LogP contribution in [-0.4, -0.2) is 21.6 Å². The second-order valence-electron chi connectivity index (χ2n) is 4.86. The summed E-state index contributed by atoms with van der Waals surface area (Å²) >= 11 is 1.88. The fourth-order valence-corrected chi connectivity index (χ4v) is 3.83. The van der Waals surface area contributed by atoms with E-state index in [2.05, 4.69) is 6.92 Å². The summed E-state index contributed by atoms with van der Waals surface area (Å²) < 4.78 is 0. The fourth-order valence-electron chi connectivity index (χ4n) is 2.12. The second-order valence-corrected chi connectivity index (χ2v) is 6.54. The molecule has 0 saturated heterocycles. The Morgan fingerprint density at radius 1 is 1.40 bits per heavy atom. The monoisotopic (exact) mass is 230 g/mol. The average Bonchev–Trinajstić information content (AvgIpc) is 2.16. The Morgan fingerprint density at radius 2 is 2.07 bits per heavy atom. The van der Waals surface area contributed by atoms with E-state index in [0.29, 0.717) is 5.25 Å². The van der Waals surface area contributed by atoms with Gasteiger partial charge in [-0.1, -0.05) is 33.6 Å². The summed E-state index contributed by atoms with van der Waals surface area (Å²) in [5.74, 6) is -0.0744. The lowest BCUT2D eigenvalue weighted by atomic mass is 9.90. The highest BCUT2D eigenvalue weighted by molar-refractivity contribution is 8.00. The molecule has 0 radical (unpaired) electrons. The first-order valence-electron chi connectivity index (χ1n) is 5.89. The standard InChI is InChI=1S/C12H22O2S/c1-8-5-4-6-11(7-8)15-10(3)9(2)12(13)14/h8-11H,4-7H2,1-3H3,(H,13,14). The second kappa shape index (κ2) is 5.78. The molecule has 0 aromatic carbocycles. The van der Waals surface area contributed by atoms with Crippen LogP contribution in [0.2, 0.25) is 0 Å². The van der Waals surface area contributed by atoms with E-state index in [9.17, 15) is 4.79 Å².